The van der Waals surface area contributed by atoms with Gasteiger partial charge in [-0.05, 0) is 49.4 Å². The SMILES string of the molecule is CCOc1ccc(-c2cc(COc3ccccc3N)[nH]n2)cc1. The van der Waals surface area contributed by atoms with Gasteiger partial charge >= 0.3 is 0 Å². The van der Waals surface area contributed by atoms with Crippen LogP contribution in [0.4, 0.5) is 5.69 Å². The van der Waals surface area contributed by atoms with Crippen LogP contribution in [0.2, 0.25) is 0 Å². The third-order valence-corrected chi connectivity index (χ3v) is 3.39. The molecule has 1 heterocycles. The van der Waals surface area contributed by atoms with E-state index in [0.29, 0.717) is 24.7 Å². The van der Waals surface area contributed by atoms with Gasteiger partial charge in [0.15, 0.2) is 0 Å². The Hall–Kier alpha value is -2.95. The van der Waals surface area contributed by atoms with E-state index < -0.39 is 0 Å². The molecule has 3 N–H and O–H groups in total. The second-order valence-corrected chi connectivity index (χ2v) is 5.06. The molecule has 3 aromatic rings. The van der Waals surface area contributed by atoms with Crippen LogP contribution in [0, 0.1) is 0 Å². The van der Waals surface area contributed by atoms with Gasteiger partial charge in [0.05, 0.1) is 23.7 Å². The van der Waals surface area contributed by atoms with Crippen LogP contribution in [0.1, 0.15) is 12.6 Å². The number of hydrogen-bond donors (Lipinski definition) is 2. The zero-order chi connectivity index (χ0) is 16.1. The maximum Gasteiger partial charge on any atom is 0.142 e. The molecular weight excluding hydrogens is 290 g/mol. The van der Waals surface area contributed by atoms with E-state index in [1.165, 1.54) is 0 Å². The fraction of sp³-hybridized carbons (Fsp3) is 0.167. The minimum absolute atomic E-state index is 0.387. The third kappa shape index (κ3) is 3.63. The molecule has 23 heavy (non-hydrogen) atoms. The second-order valence-electron chi connectivity index (χ2n) is 5.06. The van der Waals surface area contributed by atoms with E-state index in [9.17, 15) is 0 Å². The first-order chi connectivity index (χ1) is 11.3. The highest BCUT2D eigenvalue weighted by Crippen LogP contribution is 2.23. The Balaban J connectivity index is 1.67. The lowest BCUT2D eigenvalue weighted by atomic mass is 10.1. The molecule has 5 nitrogen and oxygen atoms in total. The van der Waals surface area contributed by atoms with Crippen molar-refractivity contribution < 1.29 is 9.47 Å². The molecule has 0 bridgehead atoms. The summed E-state index contributed by atoms with van der Waals surface area (Å²) < 4.78 is 11.1. The van der Waals surface area contributed by atoms with E-state index in [0.717, 1.165) is 22.7 Å². The number of para-hydroxylation sites is 2. The van der Waals surface area contributed by atoms with E-state index in [1.807, 2.05) is 61.5 Å². The van der Waals surface area contributed by atoms with Gasteiger partial charge in [-0.25, -0.2) is 0 Å². The number of aromatic nitrogens is 2. The fourth-order valence-electron chi connectivity index (χ4n) is 2.24. The number of anilines is 1. The Kier molecular flexibility index (Phi) is 4.47. The summed E-state index contributed by atoms with van der Waals surface area (Å²) in [5.41, 5.74) is 9.26. The van der Waals surface area contributed by atoms with Crippen LogP contribution in [-0.4, -0.2) is 16.8 Å². The van der Waals surface area contributed by atoms with Gasteiger partial charge in [-0.2, -0.15) is 5.10 Å². The van der Waals surface area contributed by atoms with Crippen LogP contribution in [-0.2, 0) is 6.61 Å². The number of nitrogens with two attached hydrogens (primary N) is 1. The first kappa shape index (κ1) is 15.0. The maximum atomic E-state index is 5.86. The predicted molar refractivity (Wildman–Crippen MR) is 90.4 cm³/mol. The number of nitrogens with one attached hydrogen (secondary N) is 1. The smallest absolute Gasteiger partial charge is 0.142 e. The van der Waals surface area contributed by atoms with Crippen molar-refractivity contribution in [3.05, 3.63) is 60.3 Å². The average molecular weight is 309 g/mol. The zero-order valence-corrected chi connectivity index (χ0v) is 13.0. The Morgan fingerprint density at radius 3 is 2.57 bits per heavy atom. The van der Waals surface area contributed by atoms with Crippen molar-refractivity contribution in [2.45, 2.75) is 13.5 Å². The van der Waals surface area contributed by atoms with Gasteiger partial charge in [0, 0.05) is 5.56 Å². The highest BCUT2D eigenvalue weighted by molar-refractivity contribution is 5.60. The van der Waals surface area contributed by atoms with Crippen molar-refractivity contribution in [3.63, 3.8) is 0 Å². The molecule has 5 heteroatoms. The summed E-state index contributed by atoms with van der Waals surface area (Å²) in [5.74, 6) is 1.53. The molecule has 0 saturated carbocycles. The highest BCUT2D eigenvalue weighted by atomic mass is 16.5. The second kappa shape index (κ2) is 6.87. The molecule has 0 radical (unpaired) electrons. The monoisotopic (exact) mass is 309 g/mol. The third-order valence-electron chi connectivity index (χ3n) is 3.39. The van der Waals surface area contributed by atoms with E-state index in [2.05, 4.69) is 10.2 Å². The average Bonchev–Trinajstić information content (AvgIpc) is 3.04. The normalized spacial score (nSPS) is 10.5. The van der Waals surface area contributed by atoms with Gasteiger partial charge in [0.2, 0.25) is 0 Å². The van der Waals surface area contributed by atoms with Crippen molar-refractivity contribution in [2.24, 2.45) is 0 Å². The number of H-pyrrole nitrogens is 1. The van der Waals surface area contributed by atoms with Crippen LogP contribution >= 0.6 is 0 Å². The topological polar surface area (TPSA) is 73.2 Å². The number of aromatic amines is 1. The van der Waals surface area contributed by atoms with Gasteiger partial charge in [-0.1, -0.05) is 12.1 Å². The molecule has 0 unspecified atom stereocenters. The van der Waals surface area contributed by atoms with Crippen LogP contribution in [0.15, 0.2) is 54.6 Å². The molecule has 1 aromatic heterocycles. The Labute approximate surface area is 135 Å². The quantitative estimate of drug-likeness (QED) is 0.682. The number of nitrogen functional groups attached to an aromatic ring is 1. The van der Waals surface area contributed by atoms with Crippen molar-refractivity contribution in [3.8, 4) is 22.8 Å². The summed E-state index contributed by atoms with van der Waals surface area (Å²) in [7, 11) is 0. The van der Waals surface area contributed by atoms with E-state index in [-0.39, 0.29) is 0 Å². The maximum absolute atomic E-state index is 5.86. The fourth-order valence-corrected chi connectivity index (χ4v) is 2.24. The molecule has 2 aromatic carbocycles. The van der Waals surface area contributed by atoms with Crippen LogP contribution < -0.4 is 15.2 Å². The lowest BCUT2D eigenvalue weighted by molar-refractivity contribution is 0.303. The largest absolute Gasteiger partial charge is 0.494 e. The first-order valence-corrected chi connectivity index (χ1v) is 7.51. The van der Waals surface area contributed by atoms with Crippen LogP contribution in [0.5, 0.6) is 11.5 Å². The van der Waals surface area contributed by atoms with Crippen LogP contribution in [0.3, 0.4) is 0 Å². The predicted octanol–water partition coefficient (Wildman–Crippen LogP) is 3.64. The van der Waals surface area contributed by atoms with Crippen LogP contribution in [0.25, 0.3) is 11.3 Å². The van der Waals surface area contributed by atoms with E-state index >= 15 is 0 Å². The summed E-state index contributed by atoms with van der Waals surface area (Å²) in [6.45, 7) is 3.01. The molecule has 0 fully saturated rings. The zero-order valence-electron chi connectivity index (χ0n) is 13.0. The Bertz CT molecular complexity index is 766. The number of hydrogen-bond acceptors (Lipinski definition) is 4. The van der Waals surface area contributed by atoms with E-state index in [1.54, 1.807) is 0 Å². The molecule has 3 rings (SSSR count). The minimum atomic E-state index is 0.387. The molecule has 0 aliphatic carbocycles. The summed E-state index contributed by atoms with van der Waals surface area (Å²) in [6.07, 6.45) is 0. The Morgan fingerprint density at radius 1 is 1.04 bits per heavy atom. The van der Waals surface area contributed by atoms with Gasteiger partial charge < -0.3 is 15.2 Å². The molecule has 0 aliphatic rings. The molecular formula is C18H19N3O2. The number of rotatable bonds is 6. The number of benzene rings is 2. The van der Waals surface area contributed by atoms with E-state index in [4.69, 9.17) is 15.2 Å². The van der Waals surface area contributed by atoms with Gasteiger partial charge in [-0.3, -0.25) is 5.10 Å². The summed E-state index contributed by atoms with van der Waals surface area (Å²) in [6, 6.07) is 17.2. The van der Waals surface area contributed by atoms with Crippen molar-refractivity contribution in [2.75, 3.05) is 12.3 Å². The molecule has 0 saturated heterocycles. The molecule has 118 valence electrons. The lowest BCUT2D eigenvalue weighted by Crippen LogP contribution is -1.98. The summed E-state index contributed by atoms with van der Waals surface area (Å²) in [5, 5.41) is 7.31. The lowest BCUT2D eigenvalue weighted by Gasteiger charge is -2.06. The van der Waals surface area contributed by atoms with Gasteiger partial charge in [-0.15, -0.1) is 0 Å². The molecule has 0 atom stereocenters. The molecule has 0 spiro atoms. The minimum Gasteiger partial charge on any atom is -0.494 e. The first-order valence-electron chi connectivity index (χ1n) is 7.51. The molecule has 0 amide bonds. The summed E-state index contributed by atoms with van der Waals surface area (Å²) in [4.78, 5) is 0. The van der Waals surface area contributed by atoms with Crippen molar-refractivity contribution in [1.82, 2.24) is 10.2 Å². The number of nitrogens with zero attached hydrogens (tertiary/aromatic N) is 1. The summed E-state index contributed by atoms with van der Waals surface area (Å²) >= 11 is 0. The van der Waals surface area contributed by atoms with Gasteiger partial charge in [0.1, 0.15) is 18.1 Å². The number of ether oxygens (including phenoxy) is 2. The van der Waals surface area contributed by atoms with Gasteiger partial charge in [0.25, 0.3) is 0 Å². The Morgan fingerprint density at radius 2 is 1.83 bits per heavy atom. The van der Waals surface area contributed by atoms with Crippen molar-refractivity contribution >= 4 is 5.69 Å². The molecule has 0 aliphatic heterocycles. The standard InChI is InChI=1S/C18H19N3O2/c1-2-22-15-9-7-13(8-10-15)17-11-14(20-21-17)12-23-18-6-4-3-5-16(18)19/h3-11H,2,12,19H2,1H3,(H,20,21). The highest BCUT2D eigenvalue weighted by Gasteiger charge is 2.06. The van der Waals surface area contributed by atoms with Crippen molar-refractivity contribution in [1.29, 1.82) is 0 Å².